The predicted molar refractivity (Wildman–Crippen MR) is 120 cm³/mol. The molecule has 0 heterocycles. The Balaban J connectivity index is 1.57. The maximum absolute atomic E-state index is 11.6. The summed E-state index contributed by atoms with van der Waals surface area (Å²) in [6, 6.07) is 7.47. The fourth-order valence-corrected chi connectivity index (χ4v) is 5.64. The number of carbonyl (C=O) groups excluding carboxylic acids is 1. The first-order chi connectivity index (χ1) is 14.4. The van der Waals surface area contributed by atoms with Crippen LogP contribution in [0.1, 0.15) is 67.8 Å². The second kappa shape index (κ2) is 10.3. The number of hydrogen-bond acceptors (Lipinski definition) is 4. The number of halogens is 1. The van der Waals surface area contributed by atoms with Crippen molar-refractivity contribution in [3.05, 3.63) is 47.5 Å². The highest BCUT2D eigenvalue weighted by Crippen LogP contribution is 2.48. The minimum Gasteiger partial charge on any atom is -0.465 e. The molecule has 5 heteroatoms. The van der Waals surface area contributed by atoms with Gasteiger partial charge in [0, 0.05) is 11.3 Å². The normalized spacial score (nSPS) is 29.0. The van der Waals surface area contributed by atoms with Crippen molar-refractivity contribution in [1.82, 2.24) is 0 Å². The Labute approximate surface area is 185 Å². The quantitative estimate of drug-likeness (QED) is 0.329. The maximum Gasteiger partial charge on any atom is 0.337 e. The van der Waals surface area contributed by atoms with Crippen molar-refractivity contribution in [2.45, 2.75) is 75.9 Å². The summed E-state index contributed by atoms with van der Waals surface area (Å²) in [5.41, 5.74) is 1.79. The van der Waals surface area contributed by atoms with Gasteiger partial charge in [-0.05, 0) is 74.0 Å². The number of aliphatic hydroxyl groups is 2. The average molecular weight is 435 g/mol. The first kappa shape index (κ1) is 23.3. The molecule has 2 N–H and O–H groups in total. The number of alkyl halides is 1. The summed E-state index contributed by atoms with van der Waals surface area (Å²) in [7, 11) is 1.38. The summed E-state index contributed by atoms with van der Waals surface area (Å²) in [6.45, 7) is 2.17. The molecule has 0 bridgehead atoms. The number of ether oxygens (including phenoxy) is 1. The fraction of sp³-hybridized carbons (Fsp3) is 0.640. The van der Waals surface area contributed by atoms with Crippen LogP contribution in [-0.4, -0.2) is 40.9 Å². The van der Waals surface area contributed by atoms with Gasteiger partial charge in [0.15, 0.2) is 0 Å². The molecule has 0 radical (unpaired) electrons. The molecular weight excluding hydrogens is 400 g/mol. The van der Waals surface area contributed by atoms with Gasteiger partial charge >= 0.3 is 5.97 Å². The van der Waals surface area contributed by atoms with Gasteiger partial charge < -0.3 is 14.9 Å². The van der Waals surface area contributed by atoms with Gasteiger partial charge in [-0.2, -0.15) is 0 Å². The highest BCUT2D eigenvalue weighted by Gasteiger charge is 2.42. The van der Waals surface area contributed by atoms with E-state index >= 15 is 0 Å². The number of carbonyl (C=O) groups is 1. The lowest BCUT2D eigenvalue weighted by atomic mass is 9.63. The number of hydrogen-bond donors (Lipinski definition) is 2. The summed E-state index contributed by atoms with van der Waals surface area (Å²) in [5, 5.41) is 21.1. The number of methoxy groups -OCH3 is 1. The second-order valence-electron chi connectivity index (χ2n) is 9.04. The Morgan fingerprint density at radius 1 is 1.33 bits per heavy atom. The standard InChI is InChI=1S/C25H35ClO4/c1-3-25(14-5-15-25)23(28)7-4-6-20-19(21(26)16-22(20)27)13-10-17-8-11-18(12-9-17)24(29)30-2/h4,6,8-9,11-12,19-23,27-28H,3,5,7,10,13-16H2,1-2H3/b6-4+/t19-,20-,21-,22-,23?/m1/s1. The molecule has 3 rings (SSSR count). The summed E-state index contributed by atoms with van der Waals surface area (Å²) < 4.78 is 4.74. The first-order valence-corrected chi connectivity index (χ1v) is 11.7. The largest absolute Gasteiger partial charge is 0.465 e. The molecule has 0 saturated heterocycles. The van der Waals surface area contributed by atoms with Gasteiger partial charge in [-0.15, -0.1) is 11.6 Å². The van der Waals surface area contributed by atoms with E-state index in [4.69, 9.17) is 16.3 Å². The SMILES string of the molecule is CCC1(C(O)C/C=C/[C@@H]2[C@@H](CCc3ccc(C(=O)OC)cc3)[C@H](Cl)C[C@H]2O)CCC1. The van der Waals surface area contributed by atoms with Gasteiger partial charge in [0.05, 0.1) is 24.9 Å². The van der Waals surface area contributed by atoms with E-state index in [2.05, 4.69) is 19.1 Å². The van der Waals surface area contributed by atoms with Crippen molar-refractivity contribution in [1.29, 1.82) is 0 Å². The van der Waals surface area contributed by atoms with Crippen molar-refractivity contribution < 1.29 is 19.7 Å². The summed E-state index contributed by atoms with van der Waals surface area (Å²) in [4.78, 5) is 11.6. The number of aryl methyl sites for hydroxylation is 1. The summed E-state index contributed by atoms with van der Waals surface area (Å²) in [5.74, 6) is -0.118. The molecule has 5 atom stereocenters. The molecule has 2 saturated carbocycles. The van der Waals surface area contributed by atoms with Gasteiger partial charge in [0.2, 0.25) is 0 Å². The average Bonchev–Trinajstić information content (AvgIpc) is 2.98. The molecule has 2 aliphatic rings. The van der Waals surface area contributed by atoms with E-state index in [1.54, 1.807) is 12.1 Å². The highest BCUT2D eigenvalue weighted by molar-refractivity contribution is 6.21. The van der Waals surface area contributed by atoms with E-state index in [-0.39, 0.29) is 34.7 Å². The van der Waals surface area contributed by atoms with E-state index < -0.39 is 6.10 Å². The Hall–Kier alpha value is -1.36. The number of rotatable bonds is 9. The van der Waals surface area contributed by atoms with Crippen LogP contribution in [-0.2, 0) is 11.2 Å². The molecule has 30 heavy (non-hydrogen) atoms. The summed E-state index contributed by atoms with van der Waals surface area (Å²) >= 11 is 6.58. The molecule has 4 nitrogen and oxygen atoms in total. The maximum atomic E-state index is 11.6. The Morgan fingerprint density at radius 3 is 2.60 bits per heavy atom. The Morgan fingerprint density at radius 2 is 2.03 bits per heavy atom. The van der Waals surface area contributed by atoms with Crippen molar-refractivity contribution in [2.75, 3.05) is 7.11 Å². The van der Waals surface area contributed by atoms with Crippen LogP contribution in [0.4, 0.5) is 0 Å². The molecule has 1 unspecified atom stereocenters. The third kappa shape index (κ3) is 5.09. The molecule has 0 amide bonds. The molecule has 0 spiro atoms. The molecule has 0 aliphatic heterocycles. The van der Waals surface area contributed by atoms with Crippen LogP contribution in [0, 0.1) is 17.3 Å². The highest BCUT2D eigenvalue weighted by atomic mass is 35.5. The van der Waals surface area contributed by atoms with Crippen LogP contribution in [0.2, 0.25) is 0 Å². The monoisotopic (exact) mass is 434 g/mol. The molecule has 2 aliphatic carbocycles. The van der Waals surface area contributed by atoms with Crippen molar-refractivity contribution in [3.63, 3.8) is 0 Å². The lowest BCUT2D eigenvalue weighted by molar-refractivity contribution is -0.0355. The second-order valence-corrected chi connectivity index (χ2v) is 9.60. The van der Waals surface area contributed by atoms with E-state index in [0.29, 0.717) is 18.4 Å². The van der Waals surface area contributed by atoms with Crippen LogP contribution in [0.5, 0.6) is 0 Å². The lowest BCUT2D eigenvalue weighted by Gasteiger charge is -2.45. The number of benzene rings is 1. The zero-order valence-electron chi connectivity index (χ0n) is 18.1. The summed E-state index contributed by atoms with van der Waals surface area (Å²) in [6.07, 6.45) is 10.8. The van der Waals surface area contributed by atoms with Crippen LogP contribution < -0.4 is 0 Å². The van der Waals surface area contributed by atoms with E-state index in [1.165, 1.54) is 13.5 Å². The lowest BCUT2D eigenvalue weighted by Crippen LogP contribution is -2.40. The number of esters is 1. The zero-order chi connectivity index (χ0) is 21.7. The molecule has 2 fully saturated rings. The van der Waals surface area contributed by atoms with Crippen LogP contribution in [0.3, 0.4) is 0 Å². The van der Waals surface area contributed by atoms with Gasteiger partial charge in [0.25, 0.3) is 0 Å². The minimum absolute atomic E-state index is 0.0213. The molecule has 166 valence electrons. The Bertz CT molecular complexity index is 720. The zero-order valence-corrected chi connectivity index (χ0v) is 18.9. The van der Waals surface area contributed by atoms with Crippen LogP contribution >= 0.6 is 11.6 Å². The van der Waals surface area contributed by atoms with E-state index in [0.717, 1.165) is 37.7 Å². The Kier molecular flexibility index (Phi) is 8.00. The van der Waals surface area contributed by atoms with Crippen LogP contribution in [0.15, 0.2) is 36.4 Å². The van der Waals surface area contributed by atoms with Gasteiger partial charge in [-0.3, -0.25) is 0 Å². The molecule has 0 aromatic heterocycles. The van der Waals surface area contributed by atoms with Gasteiger partial charge in [0.1, 0.15) is 0 Å². The fourth-order valence-electron chi connectivity index (χ4n) is 5.16. The van der Waals surface area contributed by atoms with Crippen molar-refractivity contribution >= 4 is 17.6 Å². The minimum atomic E-state index is -0.434. The molecular formula is C25H35ClO4. The number of aliphatic hydroxyl groups excluding tert-OH is 2. The van der Waals surface area contributed by atoms with E-state index in [1.807, 2.05) is 12.1 Å². The third-order valence-corrected chi connectivity index (χ3v) is 7.99. The van der Waals surface area contributed by atoms with Crippen LogP contribution in [0.25, 0.3) is 0 Å². The van der Waals surface area contributed by atoms with Crippen molar-refractivity contribution in [3.8, 4) is 0 Å². The van der Waals surface area contributed by atoms with Gasteiger partial charge in [-0.1, -0.05) is 37.6 Å². The smallest absolute Gasteiger partial charge is 0.337 e. The van der Waals surface area contributed by atoms with Crippen molar-refractivity contribution in [2.24, 2.45) is 17.3 Å². The first-order valence-electron chi connectivity index (χ1n) is 11.2. The molecule has 1 aromatic carbocycles. The van der Waals surface area contributed by atoms with Gasteiger partial charge in [-0.25, -0.2) is 4.79 Å². The predicted octanol–water partition coefficient (Wildman–Crippen LogP) is 4.90. The topological polar surface area (TPSA) is 66.8 Å². The van der Waals surface area contributed by atoms with E-state index in [9.17, 15) is 15.0 Å². The third-order valence-electron chi connectivity index (χ3n) is 7.49. The molecule has 1 aromatic rings.